The summed E-state index contributed by atoms with van der Waals surface area (Å²) in [6.07, 6.45) is -27.1. The predicted molar refractivity (Wildman–Crippen MR) is 162 cm³/mol. The van der Waals surface area contributed by atoms with E-state index in [9.17, 15) is 50.8 Å². The van der Waals surface area contributed by atoms with Crippen molar-refractivity contribution in [1.82, 2.24) is 0 Å². The Morgan fingerprint density at radius 3 is 1.48 bits per heavy atom. The molecule has 0 bridgehead atoms. The van der Waals surface area contributed by atoms with Gasteiger partial charge in [-0.1, -0.05) is 6.42 Å². The van der Waals surface area contributed by atoms with E-state index in [-0.39, 0.29) is 19.0 Å². The van der Waals surface area contributed by atoms with Gasteiger partial charge in [-0.3, -0.25) is 4.79 Å². The van der Waals surface area contributed by atoms with Crippen molar-refractivity contribution in [3.8, 4) is 0 Å². The lowest BCUT2D eigenvalue weighted by atomic mass is 9.96. The number of carbonyl (C=O) groups is 1. The molecule has 292 valence electrons. The Balaban J connectivity index is 1.47. The van der Waals surface area contributed by atoms with Crippen LogP contribution >= 0.6 is 0 Å². The van der Waals surface area contributed by atoms with Gasteiger partial charge in [0, 0.05) is 13.0 Å². The van der Waals surface area contributed by atoms with Crippen molar-refractivity contribution in [1.29, 1.82) is 0 Å². The van der Waals surface area contributed by atoms with Crippen LogP contribution in [0.15, 0.2) is 0 Å². The Hall–Kier alpha value is -1.21. The van der Waals surface area contributed by atoms with Gasteiger partial charge in [0.1, 0.15) is 73.2 Å². The molecular formula is C31H54O19. The van der Waals surface area contributed by atoms with Crippen molar-refractivity contribution in [2.24, 2.45) is 0 Å². The summed E-state index contributed by atoms with van der Waals surface area (Å²) in [5.74, 6) is -0.331. The van der Waals surface area contributed by atoms with Crippen LogP contribution in [0.25, 0.3) is 0 Å². The molecule has 9 N–H and O–H groups in total. The number of unbranched alkanes of at least 4 members (excludes halogenated alkanes) is 2. The summed E-state index contributed by atoms with van der Waals surface area (Å²) < 4.78 is 50.9. The third kappa shape index (κ3) is 9.47. The fourth-order valence-corrected chi connectivity index (χ4v) is 6.25. The summed E-state index contributed by atoms with van der Waals surface area (Å²) in [5, 5.41) is 96.3. The van der Waals surface area contributed by atoms with Crippen LogP contribution in [-0.2, 0) is 47.4 Å². The van der Waals surface area contributed by atoms with Crippen molar-refractivity contribution in [3.63, 3.8) is 0 Å². The molecule has 4 heterocycles. The zero-order valence-electron chi connectivity index (χ0n) is 28.7. The summed E-state index contributed by atoms with van der Waals surface area (Å²) >= 11 is 0. The molecule has 0 aliphatic carbocycles. The maximum absolute atomic E-state index is 11.4. The molecule has 4 fully saturated rings. The first-order valence-electron chi connectivity index (χ1n) is 17.0. The third-order valence-corrected chi connectivity index (χ3v) is 9.57. The predicted octanol–water partition coefficient (Wildman–Crippen LogP) is -3.88. The molecule has 0 spiro atoms. The maximum Gasteiger partial charge on any atom is 0.305 e. The number of rotatable bonds is 13. The number of hydrogen-bond donors (Lipinski definition) is 9. The van der Waals surface area contributed by atoms with Gasteiger partial charge in [0.2, 0.25) is 0 Å². The van der Waals surface area contributed by atoms with Crippen molar-refractivity contribution in [2.75, 3.05) is 13.7 Å². The minimum Gasteiger partial charge on any atom is -0.469 e. The van der Waals surface area contributed by atoms with Crippen LogP contribution in [0, 0.1) is 0 Å². The molecule has 0 aromatic heterocycles. The number of aliphatic hydroxyl groups is 9. The smallest absolute Gasteiger partial charge is 0.305 e. The standard InChI is InChI=1S/C31H54O19/c1-11-16(33)20(37)23(40)28(44-11)50-27-22(39)18(35)13(3)47-31(27)48-25-19(36)14(4)45-29(24(25)41)49-26-21(38)17(34)12(2)46-30(26)43-10-8-6-7-9-15(32)42-5/h11-14,16-31,33-41H,6-10H2,1-5H3/t11?,12?,13?,14?,16-,17-,18-,19-,20+,21+,22+,23?,24?,25+,26?,27?,28-,29-,30+,31-/m1/s1. The zero-order chi connectivity index (χ0) is 37.0. The Bertz CT molecular complexity index is 1060. The van der Waals surface area contributed by atoms with E-state index in [2.05, 4.69) is 4.74 Å². The number of ether oxygens (including phenoxy) is 9. The fourth-order valence-electron chi connectivity index (χ4n) is 6.25. The van der Waals surface area contributed by atoms with Crippen molar-refractivity contribution in [2.45, 2.75) is 176 Å². The monoisotopic (exact) mass is 730 g/mol. The molecule has 0 aromatic rings. The minimum absolute atomic E-state index is 0.136. The largest absolute Gasteiger partial charge is 0.469 e. The number of hydrogen-bond acceptors (Lipinski definition) is 19. The van der Waals surface area contributed by atoms with E-state index in [1.165, 1.54) is 34.8 Å². The van der Waals surface area contributed by atoms with Crippen molar-refractivity contribution in [3.05, 3.63) is 0 Å². The molecular weight excluding hydrogens is 676 g/mol. The minimum atomic E-state index is -1.80. The number of carbonyl (C=O) groups excluding carboxylic acids is 1. The van der Waals surface area contributed by atoms with Gasteiger partial charge >= 0.3 is 5.97 Å². The first-order chi connectivity index (χ1) is 23.6. The summed E-state index contributed by atoms with van der Waals surface area (Å²) in [6.45, 7) is 5.96. The van der Waals surface area contributed by atoms with Crippen LogP contribution in [0.4, 0.5) is 0 Å². The van der Waals surface area contributed by atoms with Crippen LogP contribution in [0.1, 0.15) is 53.4 Å². The first-order valence-corrected chi connectivity index (χ1v) is 17.0. The highest BCUT2D eigenvalue weighted by molar-refractivity contribution is 5.68. The van der Waals surface area contributed by atoms with Crippen LogP contribution in [-0.4, -0.2) is 188 Å². The van der Waals surface area contributed by atoms with Crippen LogP contribution < -0.4 is 0 Å². The fraction of sp³-hybridized carbons (Fsp3) is 0.968. The highest BCUT2D eigenvalue weighted by Crippen LogP contribution is 2.34. The lowest BCUT2D eigenvalue weighted by Crippen LogP contribution is -2.66. The average molecular weight is 731 g/mol. The Kier molecular flexibility index (Phi) is 15.1. The molecule has 4 aliphatic heterocycles. The van der Waals surface area contributed by atoms with Crippen LogP contribution in [0.5, 0.6) is 0 Å². The molecule has 0 saturated carbocycles. The molecule has 0 radical (unpaired) electrons. The summed E-state index contributed by atoms with van der Waals surface area (Å²) in [5.41, 5.74) is 0. The first kappa shape index (κ1) is 41.5. The van der Waals surface area contributed by atoms with E-state index >= 15 is 0 Å². The van der Waals surface area contributed by atoms with Gasteiger partial charge in [-0.2, -0.15) is 0 Å². The van der Waals surface area contributed by atoms with E-state index in [1.807, 2.05) is 0 Å². The van der Waals surface area contributed by atoms with Gasteiger partial charge in [-0.15, -0.1) is 0 Å². The van der Waals surface area contributed by atoms with Crippen molar-refractivity contribution < 1.29 is 93.4 Å². The SMILES string of the molecule is COC(=O)CCCCCO[C@H]1OC(C)[C@@H](O)[C@H](O)C1O[C@H]1OC(C)[C@@H](O)[C@H](O[C@H]2OC(C)[C@@H](O)[C@H](O)C2O[C@H]2OC(C)[C@@H](O)[C@H](O)C2O)C1O. The molecule has 4 saturated heterocycles. The van der Waals surface area contributed by atoms with Crippen molar-refractivity contribution >= 4 is 5.97 Å². The van der Waals surface area contributed by atoms with Gasteiger partial charge in [0.05, 0.1) is 31.5 Å². The molecule has 0 amide bonds. The molecule has 0 aromatic carbocycles. The topological polar surface area (TPSA) is 282 Å². The van der Waals surface area contributed by atoms with Gasteiger partial charge in [0.25, 0.3) is 0 Å². The van der Waals surface area contributed by atoms with E-state index in [0.29, 0.717) is 19.3 Å². The molecule has 4 aliphatic rings. The number of esters is 1. The molecule has 19 nitrogen and oxygen atoms in total. The molecule has 8 unspecified atom stereocenters. The third-order valence-electron chi connectivity index (χ3n) is 9.57. The number of aliphatic hydroxyl groups excluding tert-OH is 9. The Morgan fingerprint density at radius 1 is 0.480 bits per heavy atom. The van der Waals surface area contributed by atoms with Gasteiger partial charge in [-0.25, -0.2) is 0 Å². The van der Waals surface area contributed by atoms with Crippen LogP contribution in [0.2, 0.25) is 0 Å². The lowest BCUT2D eigenvalue weighted by molar-refractivity contribution is -0.394. The second kappa shape index (κ2) is 18.2. The van der Waals surface area contributed by atoms with Gasteiger partial charge in [-0.05, 0) is 40.5 Å². The summed E-state index contributed by atoms with van der Waals surface area (Å²) in [7, 11) is 1.31. The highest BCUT2D eigenvalue weighted by atomic mass is 16.8. The van der Waals surface area contributed by atoms with E-state index in [1.54, 1.807) is 0 Å². The Morgan fingerprint density at radius 2 is 0.920 bits per heavy atom. The molecule has 20 atom stereocenters. The van der Waals surface area contributed by atoms with Crippen LogP contribution in [0.3, 0.4) is 0 Å². The average Bonchev–Trinajstić information content (AvgIpc) is 3.08. The zero-order valence-corrected chi connectivity index (χ0v) is 28.7. The second-order valence-corrected chi connectivity index (χ2v) is 13.3. The molecule has 50 heavy (non-hydrogen) atoms. The molecule has 19 heteroatoms. The molecule has 4 rings (SSSR count). The highest BCUT2D eigenvalue weighted by Gasteiger charge is 2.54. The van der Waals surface area contributed by atoms with E-state index < -0.39 is 123 Å². The number of methoxy groups -OCH3 is 1. The van der Waals surface area contributed by atoms with Gasteiger partial charge < -0.3 is 88.6 Å². The van der Waals surface area contributed by atoms with E-state index in [0.717, 1.165) is 0 Å². The summed E-state index contributed by atoms with van der Waals surface area (Å²) in [4.78, 5) is 11.4. The van der Waals surface area contributed by atoms with Gasteiger partial charge in [0.15, 0.2) is 25.2 Å². The Labute approximate surface area is 289 Å². The normalized spacial score (nSPS) is 48.7. The second-order valence-electron chi connectivity index (χ2n) is 13.3. The lowest BCUT2D eigenvalue weighted by Gasteiger charge is -2.49. The summed E-state index contributed by atoms with van der Waals surface area (Å²) in [6, 6.07) is 0. The maximum atomic E-state index is 11.4. The van der Waals surface area contributed by atoms with E-state index in [4.69, 9.17) is 37.9 Å². The quantitative estimate of drug-likeness (QED) is 0.0647.